The highest BCUT2D eigenvalue weighted by Gasteiger charge is 2.59. The molecule has 2 aromatic rings. The maximum atomic E-state index is 12.8. The first-order chi connectivity index (χ1) is 14.2. The molecule has 4 atom stereocenters. The molecule has 7 nitrogen and oxygen atoms in total. The third kappa shape index (κ3) is 2.83. The average molecular weight is 434 g/mol. The molecule has 3 aliphatic rings. The molecule has 30 heavy (non-hydrogen) atoms. The Morgan fingerprint density at radius 1 is 1.03 bits per heavy atom. The number of allylic oxidation sites excluding steroid dienone is 2. The Morgan fingerprint density at radius 2 is 1.63 bits per heavy atom. The van der Waals surface area contributed by atoms with Gasteiger partial charge in [-0.15, -0.1) is 10.2 Å². The van der Waals surface area contributed by atoms with Gasteiger partial charge in [0.15, 0.2) is 0 Å². The van der Waals surface area contributed by atoms with Crippen molar-refractivity contribution in [1.29, 1.82) is 0 Å². The van der Waals surface area contributed by atoms with E-state index in [-0.39, 0.29) is 57.5 Å². The van der Waals surface area contributed by atoms with Crippen LogP contribution in [-0.4, -0.2) is 27.9 Å². The fourth-order valence-corrected chi connectivity index (χ4v) is 5.08. The second-order valence-corrected chi connectivity index (χ2v) is 8.40. The molecule has 1 aliphatic heterocycles. The number of nitrogens with zero attached hydrogens (tertiary/aromatic N) is 3. The van der Waals surface area contributed by atoms with Gasteiger partial charge in [0.2, 0.25) is 22.0 Å². The van der Waals surface area contributed by atoms with Crippen LogP contribution in [0.2, 0.25) is 0 Å². The summed E-state index contributed by atoms with van der Waals surface area (Å²) in [7, 11) is 0. The summed E-state index contributed by atoms with van der Waals surface area (Å²) in [6.07, 6.45) is 0.211. The number of carbonyl (C=O) groups excluding carboxylic acids is 3. The number of anilines is 2. The van der Waals surface area contributed by atoms with E-state index in [1.807, 2.05) is 12.2 Å². The van der Waals surface area contributed by atoms with E-state index in [0.717, 1.165) is 6.42 Å². The molecule has 1 saturated heterocycles. The van der Waals surface area contributed by atoms with Crippen LogP contribution in [0, 0.1) is 23.7 Å². The van der Waals surface area contributed by atoms with Gasteiger partial charge in [-0.25, -0.2) is 0 Å². The number of carbonyl (C=O) groups is 3. The molecule has 11 heteroatoms. The van der Waals surface area contributed by atoms with Gasteiger partial charge in [-0.05, 0) is 42.5 Å². The summed E-state index contributed by atoms with van der Waals surface area (Å²) in [6, 6.07) is 5.75. The smallest absolute Gasteiger partial charge is 0.296 e. The Balaban J connectivity index is 1.31. The third-order valence-corrected chi connectivity index (χ3v) is 6.63. The number of amides is 3. The largest absolute Gasteiger partial charge is 0.445 e. The average Bonchev–Trinajstić information content (AvgIpc) is 3.46. The van der Waals surface area contributed by atoms with Crippen LogP contribution in [-0.2, 0) is 15.8 Å². The minimum Gasteiger partial charge on any atom is -0.296 e. The van der Waals surface area contributed by atoms with Gasteiger partial charge in [-0.3, -0.25) is 24.6 Å². The fraction of sp³-hybridized carbons (Fsp3) is 0.316. The number of imide groups is 1. The molecule has 2 fully saturated rings. The highest BCUT2D eigenvalue weighted by atomic mass is 32.1. The molecule has 1 aromatic carbocycles. The lowest BCUT2D eigenvalue weighted by molar-refractivity contribution is -0.138. The molecule has 1 saturated carbocycles. The SMILES string of the molecule is O=C(Nc1nnc(C(F)(F)F)s1)c1ccc(N2C(=O)[C@H]3[C@H](C2=O)[C@H]2C=C[C@H]3C2)cc1. The highest BCUT2D eigenvalue weighted by molar-refractivity contribution is 7.15. The summed E-state index contributed by atoms with van der Waals surface area (Å²) in [5.74, 6) is -1.59. The van der Waals surface area contributed by atoms with Crippen LogP contribution in [0.15, 0.2) is 36.4 Å². The van der Waals surface area contributed by atoms with Gasteiger partial charge >= 0.3 is 6.18 Å². The Bertz CT molecular complexity index is 1070. The van der Waals surface area contributed by atoms with Crippen molar-refractivity contribution in [2.75, 3.05) is 10.2 Å². The van der Waals surface area contributed by atoms with E-state index in [2.05, 4.69) is 15.5 Å². The Hall–Kier alpha value is -3.08. The van der Waals surface area contributed by atoms with Gasteiger partial charge in [0, 0.05) is 5.56 Å². The van der Waals surface area contributed by atoms with E-state index < -0.39 is 17.1 Å². The minimum absolute atomic E-state index is 0.0972. The van der Waals surface area contributed by atoms with Crippen LogP contribution in [0.1, 0.15) is 21.8 Å². The summed E-state index contributed by atoms with van der Waals surface area (Å²) in [5, 5.41) is 7.14. The van der Waals surface area contributed by atoms with Crippen molar-refractivity contribution in [2.45, 2.75) is 12.6 Å². The molecule has 2 bridgehead atoms. The van der Waals surface area contributed by atoms with Crippen molar-refractivity contribution >= 4 is 39.9 Å². The van der Waals surface area contributed by atoms with E-state index in [1.165, 1.54) is 29.2 Å². The number of fused-ring (bicyclic) bond motifs is 5. The number of alkyl halides is 3. The number of hydrogen-bond acceptors (Lipinski definition) is 6. The zero-order chi connectivity index (χ0) is 21.2. The first-order valence-corrected chi connectivity index (χ1v) is 9.94. The number of benzene rings is 1. The molecule has 2 heterocycles. The van der Waals surface area contributed by atoms with Gasteiger partial charge < -0.3 is 0 Å². The minimum atomic E-state index is -4.63. The van der Waals surface area contributed by atoms with Crippen LogP contribution in [0.3, 0.4) is 0 Å². The second kappa shape index (κ2) is 6.46. The zero-order valence-corrected chi connectivity index (χ0v) is 15.9. The monoisotopic (exact) mass is 434 g/mol. The topological polar surface area (TPSA) is 92.3 Å². The van der Waals surface area contributed by atoms with Crippen molar-refractivity contribution in [2.24, 2.45) is 23.7 Å². The molecular formula is C19H13F3N4O3S. The molecule has 3 amide bonds. The van der Waals surface area contributed by atoms with Crippen molar-refractivity contribution < 1.29 is 27.6 Å². The Labute approximate surface area is 171 Å². The fourth-order valence-electron chi connectivity index (χ4n) is 4.48. The summed E-state index contributed by atoms with van der Waals surface area (Å²) in [6.45, 7) is 0. The van der Waals surface area contributed by atoms with Gasteiger partial charge in [0.1, 0.15) is 0 Å². The number of aromatic nitrogens is 2. The molecular weight excluding hydrogens is 421 g/mol. The van der Waals surface area contributed by atoms with Gasteiger partial charge in [0.25, 0.3) is 5.91 Å². The first kappa shape index (κ1) is 18.9. The summed E-state index contributed by atoms with van der Waals surface area (Å²) in [5.41, 5.74) is 0.508. The van der Waals surface area contributed by atoms with E-state index >= 15 is 0 Å². The van der Waals surface area contributed by atoms with Crippen LogP contribution in [0.25, 0.3) is 0 Å². The van der Waals surface area contributed by atoms with Crippen LogP contribution in [0.5, 0.6) is 0 Å². The summed E-state index contributed by atoms with van der Waals surface area (Å²) >= 11 is 0.220. The molecule has 1 aromatic heterocycles. The lowest BCUT2D eigenvalue weighted by Gasteiger charge is -2.17. The van der Waals surface area contributed by atoms with Crippen molar-refractivity contribution in [3.63, 3.8) is 0 Å². The van der Waals surface area contributed by atoms with E-state index in [9.17, 15) is 27.6 Å². The van der Waals surface area contributed by atoms with Crippen LogP contribution >= 0.6 is 11.3 Å². The molecule has 154 valence electrons. The molecule has 2 aliphatic carbocycles. The number of halogens is 3. The molecule has 5 rings (SSSR count). The number of hydrogen-bond donors (Lipinski definition) is 1. The van der Waals surface area contributed by atoms with Gasteiger partial charge in [-0.2, -0.15) is 13.2 Å². The normalized spacial score (nSPS) is 27.1. The molecule has 0 unspecified atom stereocenters. The maximum absolute atomic E-state index is 12.8. The number of nitrogens with one attached hydrogen (secondary N) is 1. The van der Waals surface area contributed by atoms with Crippen LogP contribution in [0.4, 0.5) is 24.0 Å². The Morgan fingerprint density at radius 3 is 2.17 bits per heavy atom. The first-order valence-electron chi connectivity index (χ1n) is 9.12. The summed E-state index contributed by atoms with van der Waals surface area (Å²) < 4.78 is 37.8. The zero-order valence-electron chi connectivity index (χ0n) is 15.1. The summed E-state index contributed by atoms with van der Waals surface area (Å²) in [4.78, 5) is 39.1. The van der Waals surface area contributed by atoms with Crippen molar-refractivity contribution in [3.05, 3.63) is 47.0 Å². The third-order valence-electron chi connectivity index (χ3n) is 5.75. The second-order valence-electron chi connectivity index (χ2n) is 7.42. The lowest BCUT2D eigenvalue weighted by Crippen LogP contribution is -2.32. The van der Waals surface area contributed by atoms with E-state index in [4.69, 9.17) is 0 Å². The standard InChI is InChI=1S/C19H13F3N4O3S/c20-19(21,22)17-24-25-18(30-17)23-14(27)8-3-5-11(6-4-8)26-15(28)12-9-1-2-10(7-9)13(12)16(26)29/h1-6,9-10,12-13H,7H2,(H,23,25,27)/t9-,10-,12+,13+/m0/s1. The lowest BCUT2D eigenvalue weighted by atomic mass is 9.85. The predicted octanol–water partition coefficient (Wildman–Crippen LogP) is 3.12. The van der Waals surface area contributed by atoms with Crippen molar-refractivity contribution in [1.82, 2.24) is 10.2 Å². The van der Waals surface area contributed by atoms with E-state index in [1.54, 1.807) is 0 Å². The Kier molecular flexibility index (Phi) is 4.07. The van der Waals surface area contributed by atoms with Crippen LogP contribution < -0.4 is 10.2 Å². The molecule has 0 spiro atoms. The van der Waals surface area contributed by atoms with E-state index in [0.29, 0.717) is 5.69 Å². The van der Waals surface area contributed by atoms with Gasteiger partial charge in [-0.1, -0.05) is 23.5 Å². The van der Waals surface area contributed by atoms with Crippen molar-refractivity contribution in [3.8, 4) is 0 Å². The predicted molar refractivity (Wildman–Crippen MR) is 99.5 cm³/mol. The highest BCUT2D eigenvalue weighted by Crippen LogP contribution is 2.53. The maximum Gasteiger partial charge on any atom is 0.445 e. The molecule has 0 radical (unpaired) electrons. The number of rotatable bonds is 3. The quantitative estimate of drug-likeness (QED) is 0.592. The molecule has 1 N–H and O–H groups in total. The van der Waals surface area contributed by atoms with Gasteiger partial charge in [0.05, 0.1) is 17.5 Å².